The summed E-state index contributed by atoms with van der Waals surface area (Å²) < 4.78 is 5.43. The maximum Gasteiger partial charge on any atom is 0.123 e. The quantitative estimate of drug-likeness (QED) is 0.873. The maximum absolute atomic E-state index is 9.89. The molecule has 1 aliphatic carbocycles. The van der Waals surface area contributed by atoms with Gasteiger partial charge in [0.05, 0.1) is 7.11 Å². The van der Waals surface area contributed by atoms with Gasteiger partial charge in [-0.25, -0.2) is 0 Å². The lowest BCUT2D eigenvalue weighted by Gasteiger charge is -2.40. The summed E-state index contributed by atoms with van der Waals surface area (Å²) >= 11 is 0. The fourth-order valence-electron chi connectivity index (χ4n) is 3.49. The van der Waals surface area contributed by atoms with E-state index in [1.54, 1.807) is 7.11 Å². The van der Waals surface area contributed by atoms with Gasteiger partial charge in [0, 0.05) is 30.7 Å². The lowest BCUT2D eigenvalue weighted by Crippen LogP contribution is -2.40. The number of hydrogen-bond donors (Lipinski definition) is 1. The van der Waals surface area contributed by atoms with Crippen LogP contribution in [0.1, 0.15) is 38.2 Å². The van der Waals surface area contributed by atoms with E-state index in [0.29, 0.717) is 6.61 Å². The van der Waals surface area contributed by atoms with Crippen molar-refractivity contribution >= 4 is 0 Å². The van der Waals surface area contributed by atoms with Crippen LogP contribution in [-0.2, 0) is 6.54 Å². The first-order valence-corrected chi connectivity index (χ1v) is 8.00. The van der Waals surface area contributed by atoms with Crippen LogP contribution in [0.4, 0.5) is 0 Å². The molecule has 1 aromatic carbocycles. The van der Waals surface area contributed by atoms with Crippen LogP contribution in [-0.4, -0.2) is 37.3 Å². The number of rotatable bonds is 6. The standard InChI is InChI=1S/C18H29NO2/c1-15-8-10-18(14-20,11-9-15)13-19(2)12-16-6-4-5-7-17(16)21-3/h4-7,15,20H,8-14H2,1-3H3. The molecule has 21 heavy (non-hydrogen) atoms. The van der Waals surface area contributed by atoms with Crippen molar-refractivity contribution in [3.8, 4) is 5.75 Å². The molecule has 0 radical (unpaired) electrons. The molecule has 0 spiro atoms. The summed E-state index contributed by atoms with van der Waals surface area (Å²) in [5, 5.41) is 9.89. The van der Waals surface area contributed by atoms with Gasteiger partial charge in [0.2, 0.25) is 0 Å². The van der Waals surface area contributed by atoms with Crippen LogP contribution in [0.15, 0.2) is 24.3 Å². The zero-order valence-corrected chi connectivity index (χ0v) is 13.6. The molecule has 1 fully saturated rings. The summed E-state index contributed by atoms with van der Waals surface area (Å²) in [6, 6.07) is 8.17. The lowest BCUT2D eigenvalue weighted by molar-refractivity contribution is 0.0345. The maximum atomic E-state index is 9.89. The average Bonchev–Trinajstić information content (AvgIpc) is 2.50. The highest BCUT2D eigenvalue weighted by atomic mass is 16.5. The van der Waals surface area contributed by atoms with Crippen molar-refractivity contribution in [1.29, 1.82) is 0 Å². The molecule has 0 amide bonds. The summed E-state index contributed by atoms with van der Waals surface area (Å²) in [7, 11) is 3.86. The summed E-state index contributed by atoms with van der Waals surface area (Å²) in [5.74, 6) is 1.75. The third kappa shape index (κ3) is 4.21. The molecule has 3 heteroatoms. The molecule has 1 aromatic rings. The monoisotopic (exact) mass is 291 g/mol. The van der Waals surface area contributed by atoms with Gasteiger partial charge >= 0.3 is 0 Å². The zero-order valence-electron chi connectivity index (χ0n) is 13.6. The van der Waals surface area contributed by atoms with E-state index in [-0.39, 0.29) is 5.41 Å². The number of ether oxygens (including phenoxy) is 1. The van der Waals surface area contributed by atoms with Crippen molar-refractivity contribution in [3.05, 3.63) is 29.8 Å². The first-order valence-electron chi connectivity index (χ1n) is 8.00. The first-order chi connectivity index (χ1) is 10.1. The number of aliphatic hydroxyl groups excluding tert-OH is 1. The van der Waals surface area contributed by atoms with E-state index < -0.39 is 0 Å². The molecular weight excluding hydrogens is 262 g/mol. The summed E-state index contributed by atoms with van der Waals surface area (Å²) in [6.07, 6.45) is 4.76. The van der Waals surface area contributed by atoms with Crippen molar-refractivity contribution in [2.24, 2.45) is 11.3 Å². The number of nitrogens with zero attached hydrogens (tertiary/aromatic N) is 1. The third-order valence-electron chi connectivity index (χ3n) is 4.91. The Hall–Kier alpha value is -1.06. The summed E-state index contributed by atoms with van der Waals surface area (Å²) in [5.41, 5.74) is 1.29. The summed E-state index contributed by atoms with van der Waals surface area (Å²) in [6.45, 7) is 4.44. The molecule has 1 aliphatic rings. The van der Waals surface area contributed by atoms with Gasteiger partial charge < -0.3 is 14.7 Å². The Labute approximate surface area is 128 Å². The Bertz CT molecular complexity index is 439. The molecule has 0 heterocycles. The van der Waals surface area contributed by atoms with Crippen molar-refractivity contribution in [2.75, 3.05) is 27.3 Å². The van der Waals surface area contributed by atoms with Gasteiger partial charge in [0.25, 0.3) is 0 Å². The molecule has 1 N–H and O–H groups in total. The van der Waals surface area contributed by atoms with E-state index >= 15 is 0 Å². The van der Waals surface area contributed by atoms with E-state index in [0.717, 1.165) is 37.6 Å². The topological polar surface area (TPSA) is 32.7 Å². The van der Waals surface area contributed by atoms with Crippen LogP contribution in [0, 0.1) is 11.3 Å². The molecule has 0 aliphatic heterocycles. The first kappa shape index (κ1) is 16.3. The Morgan fingerprint density at radius 1 is 1.29 bits per heavy atom. The smallest absolute Gasteiger partial charge is 0.123 e. The molecule has 0 saturated heterocycles. The van der Waals surface area contributed by atoms with Gasteiger partial charge in [-0.1, -0.05) is 38.0 Å². The van der Waals surface area contributed by atoms with Crippen LogP contribution in [0.3, 0.4) is 0 Å². The number of para-hydroxylation sites is 1. The predicted octanol–water partition coefficient (Wildman–Crippen LogP) is 3.32. The fourth-order valence-corrected chi connectivity index (χ4v) is 3.49. The molecular formula is C18H29NO2. The molecule has 0 atom stereocenters. The van der Waals surface area contributed by atoms with Gasteiger partial charge in [0.1, 0.15) is 5.75 Å². The minimum atomic E-state index is 0.0866. The summed E-state index contributed by atoms with van der Waals surface area (Å²) in [4.78, 5) is 2.32. The van der Waals surface area contributed by atoms with E-state index in [1.807, 2.05) is 12.1 Å². The van der Waals surface area contributed by atoms with Crippen molar-refractivity contribution in [2.45, 2.75) is 39.2 Å². The average molecular weight is 291 g/mol. The largest absolute Gasteiger partial charge is 0.496 e. The molecule has 2 rings (SSSR count). The molecule has 3 nitrogen and oxygen atoms in total. The van der Waals surface area contributed by atoms with Crippen molar-refractivity contribution < 1.29 is 9.84 Å². The number of hydrogen-bond acceptors (Lipinski definition) is 3. The second-order valence-electron chi connectivity index (χ2n) is 6.82. The van der Waals surface area contributed by atoms with Gasteiger partial charge in [-0.3, -0.25) is 0 Å². The molecule has 118 valence electrons. The SMILES string of the molecule is COc1ccccc1CN(C)CC1(CO)CCC(C)CC1. The van der Waals surface area contributed by atoms with Gasteiger partial charge in [-0.05, 0) is 31.9 Å². The van der Waals surface area contributed by atoms with Crippen molar-refractivity contribution in [1.82, 2.24) is 4.90 Å². The third-order valence-corrected chi connectivity index (χ3v) is 4.91. The fraction of sp³-hybridized carbons (Fsp3) is 0.667. The Balaban J connectivity index is 1.98. The van der Waals surface area contributed by atoms with E-state index in [1.165, 1.54) is 18.4 Å². The second kappa shape index (κ2) is 7.28. The van der Waals surface area contributed by atoms with E-state index in [9.17, 15) is 5.11 Å². The van der Waals surface area contributed by atoms with Crippen LogP contribution < -0.4 is 4.74 Å². The molecule has 0 unspecified atom stereocenters. The minimum Gasteiger partial charge on any atom is -0.496 e. The lowest BCUT2D eigenvalue weighted by atomic mass is 9.71. The highest BCUT2D eigenvalue weighted by Gasteiger charge is 2.34. The van der Waals surface area contributed by atoms with E-state index in [4.69, 9.17) is 4.74 Å². The van der Waals surface area contributed by atoms with Gasteiger partial charge in [0.15, 0.2) is 0 Å². The number of benzene rings is 1. The van der Waals surface area contributed by atoms with Crippen LogP contribution in [0.5, 0.6) is 5.75 Å². The van der Waals surface area contributed by atoms with Gasteiger partial charge in [-0.15, -0.1) is 0 Å². The Morgan fingerprint density at radius 3 is 2.57 bits per heavy atom. The normalized spacial score (nSPS) is 26.0. The minimum absolute atomic E-state index is 0.0866. The second-order valence-corrected chi connectivity index (χ2v) is 6.82. The number of methoxy groups -OCH3 is 1. The van der Waals surface area contributed by atoms with Gasteiger partial charge in [-0.2, -0.15) is 0 Å². The highest BCUT2D eigenvalue weighted by molar-refractivity contribution is 5.33. The number of aliphatic hydroxyl groups is 1. The Morgan fingerprint density at radius 2 is 1.95 bits per heavy atom. The van der Waals surface area contributed by atoms with E-state index in [2.05, 4.69) is 31.0 Å². The van der Waals surface area contributed by atoms with Crippen LogP contribution in [0.2, 0.25) is 0 Å². The highest BCUT2D eigenvalue weighted by Crippen LogP contribution is 2.39. The van der Waals surface area contributed by atoms with Crippen molar-refractivity contribution in [3.63, 3.8) is 0 Å². The predicted molar refractivity (Wildman–Crippen MR) is 86.5 cm³/mol. The zero-order chi connectivity index (χ0) is 15.3. The van der Waals surface area contributed by atoms with Crippen LogP contribution in [0.25, 0.3) is 0 Å². The Kier molecular flexibility index (Phi) is 5.65. The molecule has 0 bridgehead atoms. The van der Waals surface area contributed by atoms with Crippen LogP contribution >= 0.6 is 0 Å². The molecule has 0 aromatic heterocycles. The molecule has 1 saturated carbocycles.